The first-order valence-electron chi connectivity index (χ1n) is 10.0. The highest BCUT2D eigenvalue weighted by molar-refractivity contribution is 6.04. The molecule has 0 spiro atoms. The number of anilines is 3. The van der Waals surface area contributed by atoms with Crippen molar-refractivity contribution in [2.45, 2.75) is 0 Å². The van der Waals surface area contributed by atoms with E-state index in [1.807, 2.05) is 54.6 Å². The Kier molecular flexibility index (Phi) is 6.38. The average Bonchev–Trinajstić information content (AvgIpc) is 2.84. The van der Waals surface area contributed by atoms with Gasteiger partial charge in [-0.05, 0) is 48.5 Å². The number of amides is 1. The molecule has 32 heavy (non-hydrogen) atoms. The Balaban J connectivity index is 1.55. The number of rotatable bonds is 7. The fourth-order valence-corrected chi connectivity index (χ4v) is 3.25. The lowest BCUT2D eigenvalue weighted by Crippen LogP contribution is -2.11. The van der Waals surface area contributed by atoms with Gasteiger partial charge in [-0.3, -0.25) is 4.79 Å². The van der Waals surface area contributed by atoms with Crippen LogP contribution in [0.3, 0.4) is 0 Å². The molecule has 7 nitrogen and oxygen atoms in total. The molecule has 0 saturated heterocycles. The molecule has 0 unspecified atom stereocenters. The molecule has 3 aromatic carbocycles. The summed E-state index contributed by atoms with van der Waals surface area (Å²) in [7, 11) is 1.59. The van der Waals surface area contributed by atoms with Crippen molar-refractivity contribution >= 4 is 40.1 Å². The molecule has 3 N–H and O–H groups in total. The van der Waals surface area contributed by atoms with E-state index in [-0.39, 0.29) is 12.5 Å². The largest absolute Gasteiger partial charge is 0.496 e. The van der Waals surface area contributed by atoms with Crippen LogP contribution in [0.1, 0.15) is 15.9 Å². The van der Waals surface area contributed by atoms with Crippen LogP contribution in [0.4, 0.5) is 17.2 Å². The summed E-state index contributed by atoms with van der Waals surface area (Å²) in [6.07, 6.45) is 4.92. The van der Waals surface area contributed by atoms with Gasteiger partial charge < -0.3 is 20.5 Å². The minimum absolute atomic E-state index is 0.0560. The van der Waals surface area contributed by atoms with E-state index in [4.69, 9.17) is 9.84 Å². The van der Waals surface area contributed by atoms with Crippen molar-refractivity contribution < 1.29 is 14.6 Å². The second kappa shape index (κ2) is 9.72. The first kappa shape index (κ1) is 21.0. The number of aromatic nitrogens is 2. The third kappa shape index (κ3) is 4.74. The number of carbonyl (C=O) groups is 1. The molecule has 0 saturated carbocycles. The van der Waals surface area contributed by atoms with Crippen molar-refractivity contribution in [3.05, 3.63) is 90.3 Å². The second-order valence-electron chi connectivity index (χ2n) is 6.94. The number of hydrogen-bond acceptors (Lipinski definition) is 6. The standard InChI is InChI=1S/C25H22N4O3/c1-32-23-15-21-22(14-18(23)8-5-13-30)26-16-27-24(21)28-19-9-11-20(12-10-19)29-25(31)17-6-3-2-4-7-17/h2-12,14-16,30H,13H2,1H3,(H,29,31)(H,26,27,28). The Morgan fingerprint density at radius 2 is 1.78 bits per heavy atom. The van der Waals surface area contributed by atoms with Crippen molar-refractivity contribution in [3.8, 4) is 5.75 Å². The summed E-state index contributed by atoms with van der Waals surface area (Å²) in [4.78, 5) is 21.0. The maximum absolute atomic E-state index is 12.3. The van der Waals surface area contributed by atoms with Crippen LogP contribution in [-0.2, 0) is 0 Å². The number of carbonyl (C=O) groups excluding carboxylic acids is 1. The van der Waals surface area contributed by atoms with Crippen molar-refractivity contribution in [2.75, 3.05) is 24.4 Å². The SMILES string of the molecule is COc1cc2c(Nc3ccc(NC(=O)c4ccccc4)cc3)ncnc2cc1C=CCO. The highest BCUT2D eigenvalue weighted by Gasteiger charge is 2.10. The zero-order chi connectivity index (χ0) is 22.3. The predicted octanol–water partition coefficient (Wildman–Crippen LogP) is 4.64. The van der Waals surface area contributed by atoms with Crippen molar-refractivity contribution in [1.29, 1.82) is 0 Å². The summed E-state index contributed by atoms with van der Waals surface area (Å²) < 4.78 is 5.49. The number of benzene rings is 3. The van der Waals surface area contributed by atoms with Gasteiger partial charge >= 0.3 is 0 Å². The molecule has 0 aliphatic heterocycles. The topological polar surface area (TPSA) is 96.4 Å². The van der Waals surface area contributed by atoms with Crippen molar-refractivity contribution in [2.24, 2.45) is 0 Å². The normalized spacial score (nSPS) is 10.9. The van der Waals surface area contributed by atoms with Gasteiger partial charge in [0.2, 0.25) is 0 Å². The molecule has 1 heterocycles. The molecule has 0 aliphatic rings. The number of aliphatic hydroxyl groups is 1. The lowest BCUT2D eigenvalue weighted by atomic mass is 10.1. The number of fused-ring (bicyclic) bond motifs is 1. The van der Waals surface area contributed by atoms with Crippen molar-refractivity contribution in [1.82, 2.24) is 9.97 Å². The molecule has 4 aromatic rings. The summed E-state index contributed by atoms with van der Waals surface area (Å²) in [5, 5.41) is 16.0. The monoisotopic (exact) mass is 426 g/mol. The van der Waals surface area contributed by atoms with Crippen LogP contribution in [0.5, 0.6) is 5.75 Å². The van der Waals surface area contributed by atoms with E-state index in [0.717, 1.165) is 22.2 Å². The predicted molar refractivity (Wildman–Crippen MR) is 126 cm³/mol. The Morgan fingerprint density at radius 3 is 2.50 bits per heavy atom. The Morgan fingerprint density at radius 1 is 1.03 bits per heavy atom. The Hall–Kier alpha value is -4.23. The van der Waals surface area contributed by atoms with Crippen LogP contribution in [-0.4, -0.2) is 34.7 Å². The van der Waals surface area contributed by atoms with Gasteiger partial charge in [-0.15, -0.1) is 0 Å². The summed E-state index contributed by atoms with van der Waals surface area (Å²) in [6, 6.07) is 20.2. The number of hydrogen-bond donors (Lipinski definition) is 3. The highest BCUT2D eigenvalue weighted by atomic mass is 16.5. The molecule has 0 atom stereocenters. The summed E-state index contributed by atoms with van der Waals surface area (Å²) >= 11 is 0. The molecule has 4 rings (SSSR count). The van der Waals surface area contributed by atoms with Crippen LogP contribution < -0.4 is 15.4 Å². The first-order chi connectivity index (χ1) is 15.7. The average molecular weight is 426 g/mol. The van der Waals surface area contributed by atoms with E-state index in [1.165, 1.54) is 6.33 Å². The van der Waals surface area contributed by atoms with Gasteiger partial charge in [0, 0.05) is 27.9 Å². The Bertz CT molecular complexity index is 1260. The summed E-state index contributed by atoms with van der Waals surface area (Å²) in [5.74, 6) is 1.12. The molecule has 160 valence electrons. The maximum Gasteiger partial charge on any atom is 0.255 e. The minimum Gasteiger partial charge on any atom is -0.496 e. The third-order valence-electron chi connectivity index (χ3n) is 4.83. The van der Waals surface area contributed by atoms with E-state index >= 15 is 0 Å². The van der Waals surface area contributed by atoms with E-state index in [0.29, 0.717) is 22.8 Å². The van der Waals surface area contributed by atoms with Gasteiger partial charge in [0.25, 0.3) is 5.91 Å². The smallest absolute Gasteiger partial charge is 0.255 e. The van der Waals surface area contributed by atoms with Crippen LogP contribution in [0.15, 0.2) is 79.1 Å². The van der Waals surface area contributed by atoms with Crippen LogP contribution in [0.2, 0.25) is 0 Å². The summed E-state index contributed by atoms with van der Waals surface area (Å²) in [5.41, 5.74) is 3.67. The zero-order valence-corrected chi connectivity index (χ0v) is 17.4. The molecule has 1 amide bonds. The molecule has 7 heteroatoms. The van der Waals surface area contributed by atoms with Gasteiger partial charge in [0.1, 0.15) is 17.9 Å². The molecular formula is C25H22N4O3. The molecule has 1 aromatic heterocycles. The van der Waals surface area contributed by atoms with Crippen LogP contribution in [0, 0.1) is 0 Å². The number of nitrogens with zero attached hydrogens (tertiary/aromatic N) is 2. The van der Waals surface area contributed by atoms with Crippen LogP contribution in [0.25, 0.3) is 17.0 Å². The minimum atomic E-state index is -0.161. The molecule has 0 radical (unpaired) electrons. The zero-order valence-electron chi connectivity index (χ0n) is 17.4. The van der Waals surface area contributed by atoms with E-state index < -0.39 is 0 Å². The van der Waals surface area contributed by atoms with Gasteiger partial charge in [-0.2, -0.15) is 0 Å². The van der Waals surface area contributed by atoms with Gasteiger partial charge in [-0.1, -0.05) is 30.4 Å². The van der Waals surface area contributed by atoms with E-state index in [9.17, 15) is 4.79 Å². The van der Waals surface area contributed by atoms with Gasteiger partial charge in [0.05, 0.1) is 19.2 Å². The lowest BCUT2D eigenvalue weighted by Gasteiger charge is -2.12. The molecule has 0 fully saturated rings. The fraction of sp³-hybridized carbons (Fsp3) is 0.0800. The number of methoxy groups -OCH3 is 1. The quantitative estimate of drug-likeness (QED) is 0.398. The Labute approximate surface area is 185 Å². The van der Waals surface area contributed by atoms with E-state index in [1.54, 1.807) is 31.4 Å². The molecule has 0 bridgehead atoms. The highest BCUT2D eigenvalue weighted by Crippen LogP contribution is 2.31. The fourth-order valence-electron chi connectivity index (χ4n) is 3.25. The van der Waals surface area contributed by atoms with E-state index in [2.05, 4.69) is 20.6 Å². The van der Waals surface area contributed by atoms with Crippen molar-refractivity contribution in [3.63, 3.8) is 0 Å². The summed E-state index contributed by atoms with van der Waals surface area (Å²) in [6.45, 7) is -0.0560. The van der Waals surface area contributed by atoms with Gasteiger partial charge in [0.15, 0.2) is 0 Å². The number of ether oxygens (including phenoxy) is 1. The first-order valence-corrected chi connectivity index (χ1v) is 10.0. The lowest BCUT2D eigenvalue weighted by molar-refractivity contribution is 0.102. The molecule has 0 aliphatic carbocycles. The second-order valence-corrected chi connectivity index (χ2v) is 6.94. The van der Waals surface area contributed by atoms with Crippen LogP contribution >= 0.6 is 0 Å². The van der Waals surface area contributed by atoms with Gasteiger partial charge in [-0.25, -0.2) is 9.97 Å². The number of nitrogens with one attached hydrogen (secondary N) is 2. The third-order valence-corrected chi connectivity index (χ3v) is 4.83. The maximum atomic E-state index is 12.3. The number of aliphatic hydroxyl groups excluding tert-OH is 1. The molecular weight excluding hydrogens is 404 g/mol.